The van der Waals surface area contributed by atoms with Crippen LogP contribution >= 0.6 is 11.6 Å². The summed E-state index contributed by atoms with van der Waals surface area (Å²) in [5.41, 5.74) is 10.9. The minimum atomic E-state index is 0.160. The molecule has 0 aliphatic carbocycles. The lowest BCUT2D eigenvalue weighted by atomic mass is 10.0. The molecule has 0 radical (unpaired) electrons. The van der Waals surface area contributed by atoms with Gasteiger partial charge in [0, 0.05) is 29.5 Å². The highest BCUT2D eigenvalue weighted by Gasteiger charge is 2.12. The van der Waals surface area contributed by atoms with Gasteiger partial charge in [0.25, 0.3) is 0 Å². The van der Waals surface area contributed by atoms with Crippen LogP contribution in [-0.4, -0.2) is 13.1 Å². The molecule has 0 spiro atoms. The summed E-state index contributed by atoms with van der Waals surface area (Å²) >= 11 is 6.16. The average Bonchev–Trinajstić information content (AvgIpc) is 2.46. The van der Waals surface area contributed by atoms with Gasteiger partial charge in [-0.1, -0.05) is 30.7 Å². The van der Waals surface area contributed by atoms with Gasteiger partial charge in [-0.25, -0.2) is 0 Å². The van der Waals surface area contributed by atoms with Gasteiger partial charge in [-0.3, -0.25) is 0 Å². The third-order valence-electron chi connectivity index (χ3n) is 3.80. The van der Waals surface area contributed by atoms with Crippen LogP contribution < -0.4 is 10.6 Å². The summed E-state index contributed by atoms with van der Waals surface area (Å²) in [5.74, 6) is 0. The van der Waals surface area contributed by atoms with Crippen LogP contribution in [0.1, 0.15) is 24.5 Å². The number of anilines is 2. The minimum Gasteiger partial charge on any atom is -0.344 e. The molecular weight excluding hydrogens is 280 g/mol. The van der Waals surface area contributed by atoms with E-state index in [4.69, 9.17) is 17.3 Å². The van der Waals surface area contributed by atoms with Gasteiger partial charge in [0.05, 0.1) is 0 Å². The Morgan fingerprint density at radius 3 is 2.62 bits per heavy atom. The summed E-state index contributed by atoms with van der Waals surface area (Å²) in [6, 6.07) is 14.7. The molecule has 0 aliphatic heterocycles. The Hall–Kier alpha value is -1.51. The molecule has 21 heavy (non-hydrogen) atoms. The highest BCUT2D eigenvalue weighted by molar-refractivity contribution is 6.30. The van der Waals surface area contributed by atoms with Crippen LogP contribution in [-0.2, 0) is 6.42 Å². The Morgan fingerprint density at radius 2 is 1.95 bits per heavy atom. The molecule has 2 N–H and O–H groups in total. The fraction of sp³-hybridized carbons (Fsp3) is 0.333. The molecule has 1 atom stereocenters. The molecule has 2 aromatic rings. The van der Waals surface area contributed by atoms with Gasteiger partial charge in [-0.05, 0) is 61.2 Å². The summed E-state index contributed by atoms with van der Waals surface area (Å²) in [7, 11) is 2.08. The molecule has 3 heteroatoms. The summed E-state index contributed by atoms with van der Waals surface area (Å²) in [6.07, 6.45) is 1.79. The molecule has 0 heterocycles. The lowest BCUT2D eigenvalue weighted by Crippen LogP contribution is -2.23. The predicted octanol–water partition coefficient (Wildman–Crippen LogP) is 4.70. The molecule has 112 valence electrons. The van der Waals surface area contributed by atoms with Crippen LogP contribution in [0, 0.1) is 6.92 Å². The lowest BCUT2D eigenvalue weighted by molar-refractivity contribution is 0.646. The van der Waals surface area contributed by atoms with E-state index in [9.17, 15) is 0 Å². The van der Waals surface area contributed by atoms with Crippen LogP contribution in [0.2, 0.25) is 5.02 Å². The zero-order chi connectivity index (χ0) is 15.4. The minimum absolute atomic E-state index is 0.160. The van der Waals surface area contributed by atoms with Crippen molar-refractivity contribution < 1.29 is 0 Å². The molecular formula is C18H23ClN2. The number of aryl methyl sites for hydroxylation is 1. The Morgan fingerprint density at radius 1 is 1.19 bits per heavy atom. The SMILES string of the molecule is CCC(N)Cc1cc(Cl)ccc1N(C)c1cccc(C)c1. The van der Waals surface area contributed by atoms with Crippen molar-refractivity contribution in [1.82, 2.24) is 0 Å². The molecule has 0 aliphatic rings. The number of benzene rings is 2. The average molecular weight is 303 g/mol. The first-order chi connectivity index (χ1) is 10.0. The lowest BCUT2D eigenvalue weighted by Gasteiger charge is -2.24. The van der Waals surface area contributed by atoms with Crippen molar-refractivity contribution in [3.8, 4) is 0 Å². The number of nitrogens with zero attached hydrogens (tertiary/aromatic N) is 1. The molecule has 0 fully saturated rings. The summed E-state index contributed by atoms with van der Waals surface area (Å²) in [4.78, 5) is 2.20. The predicted molar refractivity (Wildman–Crippen MR) is 92.7 cm³/mol. The van der Waals surface area contributed by atoms with Gasteiger partial charge in [0.1, 0.15) is 0 Å². The van der Waals surface area contributed by atoms with Gasteiger partial charge >= 0.3 is 0 Å². The summed E-state index contributed by atoms with van der Waals surface area (Å²) in [5, 5.41) is 0.759. The Bertz CT molecular complexity index is 610. The van der Waals surface area contributed by atoms with Crippen LogP contribution in [0.25, 0.3) is 0 Å². The second-order valence-corrected chi connectivity index (χ2v) is 5.98. The van der Waals surface area contributed by atoms with Crippen molar-refractivity contribution in [2.24, 2.45) is 5.73 Å². The molecule has 0 aromatic heterocycles. The van der Waals surface area contributed by atoms with E-state index in [0.29, 0.717) is 0 Å². The fourth-order valence-corrected chi connectivity index (χ4v) is 2.64. The van der Waals surface area contributed by atoms with Gasteiger partial charge in [0.15, 0.2) is 0 Å². The molecule has 0 saturated heterocycles. The third-order valence-corrected chi connectivity index (χ3v) is 4.03. The topological polar surface area (TPSA) is 29.3 Å². The van der Waals surface area contributed by atoms with Crippen LogP contribution in [0.15, 0.2) is 42.5 Å². The summed E-state index contributed by atoms with van der Waals surface area (Å²) in [6.45, 7) is 4.21. The standard InChI is InChI=1S/C18H23ClN2/c1-4-16(20)12-14-11-15(19)8-9-18(14)21(3)17-7-5-6-13(2)10-17/h5-11,16H,4,12,20H2,1-3H3. The summed E-state index contributed by atoms with van der Waals surface area (Å²) < 4.78 is 0. The third kappa shape index (κ3) is 3.99. The molecule has 2 nitrogen and oxygen atoms in total. The largest absolute Gasteiger partial charge is 0.344 e. The Kier molecular flexibility index (Phi) is 5.27. The first-order valence-corrected chi connectivity index (χ1v) is 7.73. The molecule has 1 unspecified atom stereocenters. The van der Waals surface area contributed by atoms with Crippen molar-refractivity contribution in [2.75, 3.05) is 11.9 Å². The van der Waals surface area contributed by atoms with E-state index in [-0.39, 0.29) is 6.04 Å². The van der Waals surface area contributed by atoms with E-state index < -0.39 is 0 Å². The molecule has 0 amide bonds. The first kappa shape index (κ1) is 15.9. The van der Waals surface area contributed by atoms with Gasteiger partial charge in [-0.15, -0.1) is 0 Å². The van der Waals surface area contributed by atoms with Crippen molar-refractivity contribution in [2.45, 2.75) is 32.7 Å². The van der Waals surface area contributed by atoms with E-state index in [1.165, 1.54) is 16.8 Å². The molecule has 0 saturated carbocycles. The molecule has 2 aromatic carbocycles. The van der Waals surface area contributed by atoms with Crippen molar-refractivity contribution in [3.05, 3.63) is 58.6 Å². The van der Waals surface area contributed by atoms with Gasteiger partial charge < -0.3 is 10.6 Å². The second kappa shape index (κ2) is 6.97. The first-order valence-electron chi connectivity index (χ1n) is 7.35. The Balaban J connectivity index is 2.38. The van der Waals surface area contributed by atoms with E-state index in [2.05, 4.69) is 56.1 Å². The maximum atomic E-state index is 6.16. The second-order valence-electron chi connectivity index (χ2n) is 5.54. The van der Waals surface area contributed by atoms with Gasteiger partial charge in [-0.2, -0.15) is 0 Å². The van der Waals surface area contributed by atoms with Crippen LogP contribution in [0.4, 0.5) is 11.4 Å². The van der Waals surface area contributed by atoms with Crippen molar-refractivity contribution in [1.29, 1.82) is 0 Å². The molecule has 2 rings (SSSR count). The normalized spacial score (nSPS) is 12.2. The maximum absolute atomic E-state index is 6.16. The highest BCUT2D eigenvalue weighted by Crippen LogP contribution is 2.30. The zero-order valence-corrected chi connectivity index (χ0v) is 13.7. The number of hydrogen-bond donors (Lipinski definition) is 1. The number of halogens is 1. The monoisotopic (exact) mass is 302 g/mol. The van der Waals surface area contributed by atoms with E-state index in [1.807, 2.05) is 12.1 Å². The maximum Gasteiger partial charge on any atom is 0.0442 e. The number of hydrogen-bond acceptors (Lipinski definition) is 2. The Labute approximate surface area is 132 Å². The number of nitrogens with two attached hydrogens (primary N) is 1. The fourth-order valence-electron chi connectivity index (χ4n) is 2.45. The van der Waals surface area contributed by atoms with Crippen molar-refractivity contribution >= 4 is 23.0 Å². The van der Waals surface area contributed by atoms with E-state index >= 15 is 0 Å². The highest BCUT2D eigenvalue weighted by atomic mass is 35.5. The van der Waals surface area contributed by atoms with Crippen LogP contribution in [0.5, 0.6) is 0 Å². The zero-order valence-electron chi connectivity index (χ0n) is 12.9. The number of rotatable bonds is 5. The molecule has 0 bridgehead atoms. The van der Waals surface area contributed by atoms with Crippen molar-refractivity contribution in [3.63, 3.8) is 0 Å². The van der Waals surface area contributed by atoms with Crippen LogP contribution in [0.3, 0.4) is 0 Å². The van der Waals surface area contributed by atoms with E-state index in [1.54, 1.807) is 0 Å². The quantitative estimate of drug-likeness (QED) is 0.867. The smallest absolute Gasteiger partial charge is 0.0442 e. The van der Waals surface area contributed by atoms with E-state index in [0.717, 1.165) is 23.6 Å². The van der Waals surface area contributed by atoms with Gasteiger partial charge in [0.2, 0.25) is 0 Å².